The molecule has 0 aromatic heterocycles. The highest BCUT2D eigenvalue weighted by Crippen LogP contribution is 1.97. The minimum absolute atomic E-state index is 0.0208. The number of rotatable bonds is 9. The van der Waals surface area contributed by atoms with Gasteiger partial charge in [0, 0.05) is 0 Å². The average molecular weight is 469 g/mol. The molecule has 0 spiro atoms. The Balaban J connectivity index is -0.000000441. The highest BCUT2D eigenvalue weighted by Gasteiger charge is 2.26. The number of aliphatic hydroxyl groups excluding tert-OH is 2. The van der Waals surface area contributed by atoms with Crippen molar-refractivity contribution in [2.24, 2.45) is 34.6 Å². The Morgan fingerprint density at radius 2 is 1.09 bits per heavy atom. The first-order valence-electron chi connectivity index (χ1n) is 9.24. The van der Waals surface area contributed by atoms with Crippen LogP contribution in [0.25, 0.3) is 0 Å². The number of esters is 2. The van der Waals surface area contributed by atoms with Gasteiger partial charge in [-0.3, -0.25) is 14.4 Å². The number of carbonyl (C=O) groups excluding carboxylic acids is 3. The lowest BCUT2D eigenvalue weighted by molar-refractivity contribution is -0.163. The van der Waals surface area contributed by atoms with E-state index in [4.69, 9.17) is 49.1 Å². The van der Waals surface area contributed by atoms with Crippen LogP contribution >= 0.6 is 0 Å². The second kappa shape index (κ2) is 16.9. The Morgan fingerprint density at radius 1 is 0.719 bits per heavy atom. The zero-order valence-corrected chi connectivity index (χ0v) is 18.4. The lowest BCUT2D eigenvalue weighted by Gasteiger charge is -2.14. The minimum Gasteiger partial charge on any atom is -0.480 e. The van der Waals surface area contributed by atoms with Gasteiger partial charge in [0.15, 0.2) is 0 Å². The van der Waals surface area contributed by atoms with E-state index in [1.165, 1.54) is 13.8 Å². The van der Waals surface area contributed by atoms with E-state index in [1.807, 2.05) is 0 Å². The zero-order valence-electron chi connectivity index (χ0n) is 18.4. The minimum atomic E-state index is -1.34. The van der Waals surface area contributed by atoms with Gasteiger partial charge in [-0.25, -0.2) is 9.59 Å². The Hall–Kier alpha value is -2.69. The Bertz CT molecular complexity index is 603. The molecule has 0 radical (unpaired) electrons. The number of hydrogen-bond donors (Lipinski definition) is 9. The average Bonchev–Trinajstić information content (AvgIpc) is 2.65. The highest BCUT2D eigenvalue weighted by molar-refractivity contribution is 5.93. The maximum Gasteiger partial charge on any atom is 0.333 e. The van der Waals surface area contributed by atoms with Crippen LogP contribution in [0.1, 0.15) is 34.1 Å². The van der Waals surface area contributed by atoms with Gasteiger partial charge in [0.05, 0.1) is 18.6 Å². The fraction of sp³-hybridized carbons (Fsp3) is 0.706. The topological polar surface area (TPSA) is 306 Å². The van der Waals surface area contributed by atoms with Crippen molar-refractivity contribution in [3.8, 4) is 0 Å². The number of carbonyl (C=O) groups is 5. The molecule has 0 aliphatic carbocycles. The van der Waals surface area contributed by atoms with E-state index in [1.54, 1.807) is 13.8 Å². The Labute approximate surface area is 184 Å². The smallest absolute Gasteiger partial charge is 0.333 e. The molecule has 32 heavy (non-hydrogen) atoms. The molecule has 0 bridgehead atoms. The second-order valence-electron chi connectivity index (χ2n) is 7.00. The molecule has 0 aliphatic heterocycles. The van der Waals surface area contributed by atoms with Crippen LogP contribution in [0.2, 0.25) is 0 Å². The number of amides is 1. The molecule has 6 atom stereocenters. The van der Waals surface area contributed by atoms with E-state index >= 15 is 0 Å². The van der Waals surface area contributed by atoms with Crippen molar-refractivity contribution < 1.29 is 49.1 Å². The van der Waals surface area contributed by atoms with Crippen LogP contribution in [0.5, 0.6) is 0 Å². The van der Waals surface area contributed by atoms with Gasteiger partial charge in [-0.05, 0) is 19.8 Å². The number of nitrogens with two attached hydrogens (primary N) is 5. The summed E-state index contributed by atoms with van der Waals surface area (Å²) in [5.41, 5.74) is 25.3. The number of primary amides is 1. The van der Waals surface area contributed by atoms with Gasteiger partial charge in [-0.1, -0.05) is 13.8 Å². The summed E-state index contributed by atoms with van der Waals surface area (Å²) in [5, 5.41) is 33.7. The molecule has 0 saturated carbocycles. The molecule has 1 amide bonds. The monoisotopic (exact) mass is 469 g/mol. The number of aliphatic hydroxyl groups is 2. The van der Waals surface area contributed by atoms with Crippen LogP contribution in [0.4, 0.5) is 0 Å². The molecular formula is C17H35N5O10. The summed E-state index contributed by atoms with van der Waals surface area (Å²) in [5.74, 6) is -5.11. The second-order valence-corrected chi connectivity index (χ2v) is 7.00. The van der Waals surface area contributed by atoms with Gasteiger partial charge >= 0.3 is 23.9 Å². The highest BCUT2D eigenvalue weighted by atomic mass is 16.6. The van der Waals surface area contributed by atoms with Crippen molar-refractivity contribution in [2.45, 2.75) is 70.5 Å². The number of hydrogen-bond acceptors (Lipinski definition) is 12. The van der Waals surface area contributed by atoms with Gasteiger partial charge in [0.25, 0.3) is 0 Å². The van der Waals surface area contributed by atoms with E-state index in [9.17, 15) is 24.0 Å². The number of ether oxygens (including phenoxy) is 1. The summed E-state index contributed by atoms with van der Waals surface area (Å²) in [6, 6.07) is -4.53. The molecule has 0 heterocycles. The maximum atomic E-state index is 11.1. The van der Waals surface area contributed by atoms with Crippen molar-refractivity contribution in [3.63, 3.8) is 0 Å². The Morgan fingerprint density at radius 3 is 1.28 bits per heavy atom. The predicted molar refractivity (Wildman–Crippen MR) is 110 cm³/mol. The van der Waals surface area contributed by atoms with Gasteiger partial charge in [-0.15, -0.1) is 0 Å². The van der Waals surface area contributed by atoms with Crippen molar-refractivity contribution in [2.75, 3.05) is 0 Å². The number of aliphatic carboxylic acids is 2. The molecule has 0 fully saturated rings. The predicted octanol–water partition coefficient (Wildman–Crippen LogP) is -4.20. The quantitative estimate of drug-likeness (QED) is 0.114. The molecule has 0 aliphatic rings. The SMILES string of the molecule is CC(C)[C@H](N)C(=O)O.C[C@@H](O)[C@H](N)C(=O)O.C[C@@H](O)[C@H](N)C(=O)OC(=O)[C@@H](N)CC(N)=O. The molecule has 0 unspecified atom stereocenters. The summed E-state index contributed by atoms with van der Waals surface area (Å²) >= 11 is 0. The van der Waals surface area contributed by atoms with E-state index in [0.717, 1.165) is 0 Å². The molecule has 14 N–H and O–H groups in total. The van der Waals surface area contributed by atoms with E-state index in [-0.39, 0.29) is 5.92 Å². The molecular weight excluding hydrogens is 434 g/mol. The van der Waals surface area contributed by atoms with Crippen molar-refractivity contribution in [1.29, 1.82) is 0 Å². The Kier molecular flexibility index (Phi) is 18.0. The van der Waals surface area contributed by atoms with Crippen LogP contribution in [0, 0.1) is 5.92 Å². The van der Waals surface area contributed by atoms with E-state index in [2.05, 4.69) is 4.74 Å². The van der Waals surface area contributed by atoms with E-state index < -0.39 is 72.6 Å². The fourth-order valence-electron chi connectivity index (χ4n) is 1.23. The van der Waals surface area contributed by atoms with Crippen LogP contribution in [-0.2, 0) is 28.7 Å². The molecule has 0 saturated heterocycles. The third kappa shape index (κ3) is 17.0. The van der Waals surface area contributed by atoms with Crippen LogP contribution < -0.4 is 28.7 Å². The summed E-state index contributed by atoms with van der Waals surface area (Å²) in [7, 11) is 0. The summed E-state index contributed by atoms with van der Waals surface area (Å²) in [4.78, 5) is 52.5. The maximum absolute atomic E-state index is 11.1. The van der Waals surface area contributed by atoms with Crippen LogP contribution in [0.3, 0.4) is 0 Å². The summed E-state index contributed by atoms with van der Waals surface area (Å²) < 4.78 is 4.24. The normalized spacial score (nSPS) is 15.8. The number of carboxylic acid groups (broad SMARTS) is 2. The van der Waals surface area contributed by atoms with Gasteiger partial charge in [-0.2, -0.15) is 0 Å². The largest absolute Gasteiger partial charge is 0.480 e. The van der Waals surface area contributed by atoms with Crippen molar-refractivity contribution >= 4 is 29.8 Å². The molecule has 0 aromatic carbocycles. The molecule has 0 aromatic rings. The summed E-state index contributed by atoms with van der Waals surface area (Å²) in [6.07, 6.45) is -2.57. The van der Waals surface area contributed by atoms with Gasteiger partial charge in [0.1, 0.15) is 24.2 Å². The summed E-state index contributed by atoms with van der Waals surface area (Å²) in [6.45, 7) is 6.15. The first kappa shape index (κ1) is 33.9. The first-order chi connectivity index (χ1) is 14.4. The first-order valence-corrected chi connectivity index (χ1v) is 9.24. The standard InChI is InChI=1S/C8H15N3O5.C5H11NO2.C4H9NO3/c1-3(12)6(11)8(15)16-7(14)4(9)2-5(10)13;1-3(2)4(6)5(7)8;1-2(6)3(5)4(7)8/h3-4,6,12H,2,9,11H2,1H3,(H2,10,13);3-4H,6H2,1-2H3,(H,7,8);2-3,6H,5H2,1H3,(H,7,8)/t3-,4+,6+;4-;2-,3+/m101/s1. The number of carboxylic acids is 2. The van der Waals surface area contributed by atoms with Gasteiger partial charge < -0.3 is 53.8 Å². The van der Waals surface area contributed by atoms with Crippen LogP contribution in [0.15, 0.2) is 0 Å². The van der Waals surface area contributed by atoms with E-state index in [0.29, 0.717) is 0 Å². The molecule has 15 nitrogen and oxygen atoms in total. The zero-order chi connectivity index (χ0) is 26.3. The molecule has 15 heteroatoms. The fourth-order valence-corrected chi connectivity index (χ4v) is 1.23. The lowest BCUT2D eigenvalue weighted by Crippen LogP contribution is -2.45. The third-order valence-electron chi connectivity index (χ3n) is 3.53. The molecule has 0 rings (SSSR count). The van der Waals surface area contributed by atoms with Crippen molar-refractivity contribution in [3.05, 3.63) is 0 Å². The van der Waals surface area contributed by atoms with Crippen molar-refractivity contribution in [1.82, 2.24) is 0 Å². The molecule has 188 valence electrons. The lowest BCUT2D eigenvalue weighted by atomic mass is 10.1. The van der Waals surface area contributed by atoms with Gasteiger partial charge in [0.2, 0.25) is 5.91 Å². The third-order valence-corrected chi connectivity index (χ3v) is 3.53. The van der Waals surface area contributed by atoms with Crippen LogP contribution in [-0.4, -0.2) is 86.6 Å².